The van der Waals surface area contributed by atoms with Crippen molar-refractivity contribution < 1.29 is 14.4 Å². The molecule has 0 amide bonds. The van der Waals surface area contributed by atoms with Gasteiger partial charge in [-0.05, 0) is 30.7 Å². The quantitative estimate of drug-likeness (QED) is 0.445. The summed E-state index contributed by atoms with van der Waals surface area (Å²) in [6.45, 7) is 3.38. The Morgan fingerprint density at radius 1 is 1.42 bits per heavy atom. The van der Waals surface area contributed by atoms with Gasteiger partial charge < -0.3 is 4.79 Å². The van der Waals surface area contributed by atoms with Crippen LogP contribution in [0.2, 0.25) is 0 Å². The first-order valence-corrected chi connectivity index (χ1v) is 6.06. The molecule has 4 nitrogen and oxygen atoms in total. The Labute approximate surface area is 112 Å². The Balaban J connectivity index is 3.13. The minimum atomic E-state index is -0.908. The first kappa shape index (κ1) is 14.8. The lowest BCUT2D eigenvalue weighted by molar-refractivity contribution is -0.123. The fourth-order valence-electron chi connectivity index (χ4n) is 1.92. The lowest BCUT2D eigenvalue weighted by atomic mass is 9.88. The smallest absolute Gasteiger partial charge is 0.174 e. The molecule has 0 radical (unpaired) electrons. The number of nitriles is 1. The number of Topliss-reactive ketones (excluding diaryl/α,β-unsaturated/α-hetero) is 2. The van der Waals surface area contributed by atoms with Gasteiger partial charge in [0.15, 0.2) is 5.78 Å². The number of carbonyl (C=O) groups is 3. The van der Waals surface area contributed by atoms with Crippen LogP contribution in [0.5, 0.6) is 0 Å². The molecule has 0 aliphatic carbocycles. The number of aryl methyl sites for hydroxylation is 1. The Hall–Kier alpha value is -2.28. The van der Waals surface area contributed by atoms with Gasteiger partial charge in [0.2, 0.25) is 0 Å². The second-order valence-electron chi connectivity index (χ2n) is 4.28. The molecule has 4 heteroatoms. The SMILES string of the molecule is CCC(=O)C(CC=O)C(=O)c1ccc(C#N)cc1C. The number of rotatable bonds is 6. The van der Waals surface area contributed by atoms with E-state index in [1.807, 2.05) is 6.07 Å². The normalized spacial score (nSPS) is 11.4. The molecule has 0 N–H and O–H groups in total. The number of aldehydes is 1. The summed E-state index contributed by atoms with van der Waals surface area (Å²) in [5.74, 6) is -1.49. The highest BCUT2D eigenvalue weighted by Crippen LogP contribution is 2.18. The predicted molar refractivity (Wildman–Crippen MR) is 69.7 cm³/mol. The van der Waals surface area contributed by atoms with E-state index in [2.05, 4.69) is 0 Å². The molecule has 0 heterocycles. The van der Waals surface area contributed by atoms with Crippen molar-refractivity contribution in [3.63, 3.8) is 0 Å². The lowest BCUT2D eigenvalue weighted by Gasteiger charge is -2.13. The molecule has 1 aromatic rings. The summed E-state index contributed by atoms with van der Waals surface area (Å²) in [7, 11) is 0. The summed E-state index contributed by atoms with van der Waals surface area (Å²) in [4.78, 5) is 34.6. The van der Waals surface area contributed by atoms with E-state index in [-0.39, 0.29) is 24.4 Å². The summed E-state index contributed by atoms with van der Waals surface area (Å²) in [6.07, 6.45) is 0.722. The summed E-state index contributed by atoms with van der Waals surface area (Å²) in [5.41, 5.74) is 1.50. The standard InChI is InChI=1S/C15H15NO3/c1-3-14(18)13(6-7-17)15(19)12-5-4-11(9-16)8-10(12)2/h4-5,7-8,13H,3,6H2,1-2H3. The van der Waals surface area contributed by atoms with E-state index in [9.17, 15) is 14.4 Å². The van der Waals surface area contributed by atoms with Gasteiger partial charge in [0.1, 0.15) is 12.1 Å². The molecular formula is C15H15NO3. The molecule has 0 spiro atoms. The van der Waals surface area contributed by atoms with Crippen LogP contribution in [0.15, 0.2) is 18.2 Å². The van der Waals surface area contributed by atoms with Gasteiger partial charge >= 0.3 is 0 Å². The van der Waals surface area contributed by atoms with Crippen molar-refractivity contribution in [2.24, 2.45) is 5.92 Å². The van der Waals surface area contributed by atoms with Crippen molar-refractivity contribution >= 4 is 17.9 Å². The van der Waals surface area contributed by atoms with Crippen molar-refractivity contribution in [2.45, 2.75) is 26.7 Å². The molecule has 98 valence electrons. The van der Waals surface area contributed by atoms with E-state index in [4.69, 9.17) is 5.26 Å². The second-order valence-corrected chi connectivity index (χ2v) is 4.28. The highest BCUT2D eigenvalue weighted by molar-refractivity contribution is 6.12. The Morgan fingerprint density at radius 2 is 2.11 bits per heavy atom. The minimum Gasteiger partial charge on any atom is -0.303 e. The number of ketones is 2. The molecule has 0 fully saturated rings. The molecule has 0 saturated carbocycles. The number of hydrogen-bond donors (Lipinski definition) is 0. The van der Waals surface area contributed by atoms with Gasteiger partial charge in [-0.2, -0.15) is 5.26 Å². The average molecular weight is 257 g/mol. The Kier molecular flexibility index (Phi) is 5.13. The lowest BCUT2D eigenvalue weighted by Crippen LogP contribution is -2.25. The van der Waals surface area contributed by atoms with Gasteiger partial charge in [0.25, 0.3) is 0 Å². The van der Waals surface area contributed by atoms with Crippen molar-refractivity contribution in [1.29, 1.82) is 5.26 Å². The summed E-state index contributed by atoms with van der Waals surface area (Å²) >= 11 is 0. The first-order chi connectivity index (χ1) is 9.04. The van der Waals surface area contributed by atoms with Crippen LogP contribution in [0.1, 0.15) is 41.3 Å². The largest absolute Gasteiger partial charge is 0.303 e. The number of nitrogens with zero attached hydrogens (tertiary/aromatic N) is 1. The predicted octanol–water partition coefficient (Wildman–Crippen LogP) is 2.23. The van der Waals surface area contributed by atoms with Crippen molar-refractivity contribution in [3.8, 4) is 6.07 Å². The van der Waals surface area contributed by atoms with Crippen LogP contribution in [-0.2, 0) is 9.59 Å². The van der Waals surface area contributed by atoms with Crippen LogP contribution in [-0.4, -0.2) is 17.9 Å². The van der Waals surface area contributed by atoms with E-state index in [0.29, 0.717) is 23.0 Å². The van der Waals surface area contributed by atoms with Gasteiger partial charge in [0.05, 0.1) is 17.6 Å². The van der Waals surface area contributed by atoms with Crippen LogP contribution in [0.4, 0.5) is 0 Å². The molecule has 0 aromatic heterocycles. The monoisotopic (exact) mass is 257 g/mol. The molecule has 1 atom stereocenters. The molecule has 0 aliphatic heterocycles. The van der Waals surface area contributed by atoms with Crippen molar-refractivity contribution in [2.75, 3.05) is 0 Å². The molecule has 19 heavy (non-hydrogen) atoms. The van der Waals surface area contributed by atoms with E-state index < -0.39 is 5.92 Å². The third-order valence-corrected chi connectivity index (χ3v) is 3.01. The maximum absolute atomic E-state index is 12.3. The third-order valence-electron chi connectivity index (χ3n) is 3.01. The van der Waals surface area contributed by atoms with E-state index in [1.165, 1.54) is 12.1 Å². The molecule has 1 rings (SSSR count). The molecule has 1 aromatic carbocycles. The van der Waals surface area contributed by atoms with Crippen LogP contribution >= 0.6 is 0 Å². The highest BCUT2D eigenvalue weighted by Gasteiger charge is 2.26. The van der Waals surface area contributed by atoms with Gasteiger partial charge in [-0.15, -0.1) is 0 Å². The zero-order valence-corrected chi connectivity index (χ0v) is 11.0. The van der Waals surface area contributed by atoms with Crippen LogP contribution in [0.3, 0.4) is 0 Å². The van der Waals surface area contributed by atoms with Crippen LogP contribution in [0.25, 0.3) is 0 Å². The third kappa shape index (κ3) is 3.35. The maximum atomic E-state index is 12.3. The average Bonchev–Trinajstić information content (AvgIpc) is 2.43. The summed E-state index contributed by atoms with van der Waals surface area (Å²) in [6, 6.07) is 6.66. The van der Waals surface area contributed by atoms with Crippen molar-refractivity contribution in [3.05, 3.63) is 34.9 Å². The van der Waals surface area contributed by atoms with Crippen LogP contribution in [0, 0.1) is 24.2 Å². The summed E-state index contributed by atoms with van der Waals surface area (Å²) in [5, 5.41) is 8.78. The van der Waals surface area contributed by atoms with Gasteiger partial charge in [-0.3, -0.25) is 9.59 Å². The van der Waals surface area contributed by atoms with E-state index in [1.54, 1.807) is 19.9 Å². The zero-order chi connectivity index (χ0) is 14.4. The van der Waals surface area contributed by atoms with E-state index in [0.717, 1.165) is 0 Å². The Bertz CT molecular complexity index is 555. The zero-order valence-electron chi connectivity index (χ0n) is 11.0. The van der Waals surface area contributed by atoms with Gasteiger partial charge in [0, 0.05) is 18.4 Å². The van der Waals surface area contributed by atoms with E-state index >= 15 is 0 Å². The maximum Gasteiger partial charge on any atom is 0.174 e. The number of carbonyl (C=O) groups excluding carboxylic acids is 3. The molecular weight excluding hydrogens is 242 g/mol. The van der Waals surface area contributed by atoms with Gasteiger partial charge in [-0.25, -0.2) is 0 Å². The topological polar surface area (TPSA) is 75.0 Å². The number of hydrogen-bond acceptors (Lipinski definition) is 4. The second kappa shape index (κ2) is 6.60. The fourth-order valence-corrected chi connectivity index (χ4v) is 1.92. The van der Waals surface area contributed by atoms with Crippen LogP contribution < -0.4 is 0 Å². The molecule has 0 saturated heterocycles. The molecule has 0 aliphatic rings. The number of benzene rings is 1. The van der Waals surface area contributed by atoms with Gasteiger partial charge in [-0.1, -0.05) is 6.92 Å². The molecule has 0 bridgehead atoms. The fraction of sp³-hybridized carbons (Fsp3) is 0.333. The minimum absolute atomic E-state index is 0.0923. The first-order valence-electron chi connectivity index (χ1n) is 6.06. The molecule has 1 unspecified atom stereocenters. The van der Waals surface area contributed by atoms with Crippen molar-refractivity contribution in [1.82, 2.24) is 0 Å². The Morgan fingerprint density at radius 3 is 2.58 bits per heavy atom. The highest BCUT2D eigenvalue weighted by atomic mass is 16.2. The summed E-state index contributed by atoms with van der Waals surface area (Å²) < 4.78 is 0.